The minimum Gasteiger partial charge on any atom is -0.297 e. The topological polar surface area (TPSA) is 46.3 Å². The molecule has 0 N–H and O–H groups in total. The first-order valence-corrected chi connectivity index (χ1v) is 8.24. The third-order valence-electron chi connectivity index (χ3n) is 4.83. The van der Waals surface area contributed by atoms with Crippen molar-refractivity contribution in [2.24, 2.45) is 0 Å². The van der Waals surface area contributed by atoms with Crippen LogP contribution in [0, 0.1) is 6.92 Å². The number of hydrogen-bond donors (Lipinski definition) is 0. The van der Waals surface area contributed by atoms with E-state index in [2.05, 4.69) is 57.5 Å². The molecule has 0 saturated carbocycles. The first kappa shape index (κ1) is 14.3. The number of fused-ring (bicyclic) bond motifs is 1. The van der Waals surface area contributed by atoms with Gasteiger partial charge in [-0.05, 0) is 57.0 Å². The maximum Gasteiger partial charge on any atom is 0.254 e. The van der Waals surface area contributed by atoms with Crippen molar-refractivity contribution in [1.82, 2.24) is 24.5 Å². The van der Waals surface area contributed by atoms with Gasteiger partial charge in [0.15, 0.2) is 0 Å². The third-order valence-corrected chi connectivity index (χ3v) is 4.83. The molecule has 1 aromatic carbocycles. The summed E-state index contributed by atoms with van der Waals surface area (Å²) in [6.07, 6.45) is 6.58. The van der Waals surface area contributed by atoms with E-state index in [4.69, 9.17) is 0 Å². The van der Waals surface area contributed by atoms with E-state index in [1.54, 1.807) is 0 Å². The van der Waals surface area contributed by atoms with Crippen molar-refractivity contribution in [2.45, 2.75) is 32.7 Å². The molecule has 3 heterocycles. The number of aromatic nitrogens is 4. The number of likely N-dealkylation sites (tertiary alicyclic amines) is 1. The molecule has 3 aromatic rings. The average Bonchev–Trinajstić information content (AvgIpc) is 3.25. The molecule has 0 bridgehead atoms. The second kappa shape index (κ2) is 5.74. The highest BCUT2D eigenvalue weighted by Gasteiger charge is 2.19. The van der Waals surface area contributed by atoms with Crippen LogP contribution in [0.5, 0.6) is 0 Å². The molecule has 1 aliphatic rings. The summed E-state index contributed by atoms with van der Waals surface area (Å²) in [4.78, 5) is 6.97. The van der Waals surface area contributed by atoms with Crippen molar-refractivity contribution in [3.8, 4) is 11.1 Å². The Hall–Kier alpha value is -2.27. The fourth-order valence-corrected chi connectivity index (χ4v) is 3.36. The van der Waals surface area contributed by atoms with Crippen LogP contribution < -0.4 is 0 Å². The van der Waals surface area contributed by atoms with E-state index in [9.17, 15) is 0 Å². The maximum atomic E-state index is 4.41. The predicted octanol–water partition coefficient (Wildman–Crippen LogP) is 3.26. The van der Waals surface area contributed by atoms with Crippen LogP contribution in [-0.4, -0.2) is 37.6 Å². The molecule has 5 nitrogen and oxygen atoms in total. The monoisotopic (exact) mass is 307 g/mol. The third kappa shape index (κ3) is 2.61. The van der Waals surface area contributed by atoms with E-state index in [-0.39, 0.29) is 0 Å². The van der Waals surface area contributed by atoms with Gasteiger partial charge in [-0.3, -0.25) is 9.30 Å². The second-order valence-corrected chi connectivity index (χ2v) is 6.30. The van der Waals surface area contributed by atoms with Crippen molar-refractivity contribution in [3.05, 3.63) is 48.0 Å². The van der Waals surface area contributed by atoms with Crippen LogP contribution in [0.2, 0.25) is 0 Å². The Morgan fingerprint density at radius 2 is 1.91 bits per heavy atom. The summed E-state index contributed by atoms with van der Waals surface area (Å²) in [5.74, 6) is 1.50. The molecular formula is C18H21N5. The van der Waals surface area contributed by atoms with Gasteiger partial charge in [-0.2, -0.15) is 0 Å². The Morgan fingerprint density at radius 3 is 2.74 bits per heavy atom. The van der Waals surface area contributed by atoms with E-state index in [1.807, 2.05) is 17.5 Å². The Bertz CT molecular complexity index is 832. The van der Waals surface area contributed by atoms with Gasteiger partial charge in [-0.15, -0.1) is 10.2 Å². The summed E-state index contributed by atoms with van der Waals surface area (Å²) in [5.41, 5.74) is 3.65. The van der Waals surface area contributed by atoms with Gasteiger partial charge in [0, 0.05) is 24.0 Å². The molecule has 0 radical (unpaired) electrons. The minimum absolute atomic E-state index is 0.464. The normalized spacial score (nSPS) is 17.0. The fraction of sp³-hybridized carbons (Fsp3) is 0.389. The first-order valence-electron chi connectivity index (χ1n) is 8.24. The lowest BCUT2D eigenvalue weighted by Gasteiger charge is -2.24. The molecule has 1 atom stereocenters. The SMILES string of the molecule is Cc1nnc2ncc(-c3cccc([C@H](C)N4CCCC4)c3)cn12. The van der Waals surface area contributed by atoms with E-state index in [0.717, 1.165) is 11.4 Å². The highest BCUT2D eigenvalue weighted by Crippen LogP contribution is 2.28. The lowest BCUT2D eigenvalue weighted by molar-refractivity contribution is 0.263. The van der Waals surface area contributed by atoms with Crippen molar-refractivity contribution in [1.29, 1.82) is 0 Å². The summed E-state index contributed by atoms with van der Waals surface area (Å²) in [5, 5.41) is 8.12. The zero-order valence-corrected chi connectivity index (χ0v) is 13.6. The number of hydrogen-bond acceptors (Lipinski definition) is 4. The van der Waals surface area contributed by atoms with Crippen molar-refractivity contribution >= 4 is 5.78 Å². The van der Waals surface area contributed by atoms with Gasteiger partial charge < -0.3 is 0 Å². The highest BCUT2D eigenvalue weighted by atomic mass is 15.3. The number of benzene rings is 1. The lowest BCUT2D eigenvalue weighted by Crippen LogP contribution is -2.23. The molecule has 1 fully saturated rings. The number of rotatable bonds is 3. The van der Waals surface area contributed by atoms with Crippen LogP contribution >= 0.6 is 0 Å². The molecule has 1 aliphatic heterocycles. The molecule has 0 aliphatic carbocycles. The van der Waals surface area contributed by atoms with Gasteiger partial charge in [0.2, 0.25) is 0 Å². The molecule has 4 rings (SSSR count). The molecule has 0 amide bonds. The van der Waals surface area contributed by atoms with E-state index < -0.39 is 0 Å². The van der Waals surface area contributed by atoms with E-state index in [1.165, 1.54) is 37.1 Å². The minimum atomic E-state index is 0.464. The standard InChI is InChI=1S/C18H21N5/c1-13(22-8-3-4-9-22)15-6-5-7-16(10-15)17-11-19-18-21-20-14(2)23(18)12-17/h5-7,10-13H,3-4,8-9H2,1-2H3/t13-/m0/s1. The smallest absolute Gasteiger partial charge is 0.254 e. The molecule has 118 valence electrons. The fourth-order valence-electron chi connectivity index (χ4n) is 3.36. The zero-order chi connectivity index (χ0) is 15.8. The van der Waals surface area contributed by atoms with Gasteiger partial charge in [0.25, 0.3) is 5.78 Å². The van der Waals surface area contributed by atoms with Crippen molar-refractivity contribution in [3.63, 3.8) is 0 Å². The van der Waals surface area contributed by atoms with Gasteiger partial charge >= 0.3 is 0 Å². The number of aryl methyl sites for hydroxylation is 1. The number of nitrogens with zero attached hydrogens (tertiary/aromatic N) is 5. The molecule has 2 aromatic heterocycles. The molecular weight excluding hydrogens is 286 g/mol. The van der Waals surface area contributed by atoms with Crippen molar-refractivity contribution < 1.29 is 0 Å². The molecule has 1 saturated heterocycles. The van der Waals surface area contributed by atoms with Gasteiger partial charge in [-0.25, -0.2) is 4.98 Å². The summed E-state index contributed by atoms with van der Waals surface area (Å²) in [6.45, 7) is 6.66. The zero-order valence-electron chi connectivity index (χ0n) is 13.6. The van der Waals surface area contributed by atoms with E-state index >= 15 is 0 Å². The quantitative estimate of drug-likeness (QED) is 0.745. The van der Waals surface area contributed by atoms with Crippen LogP contribution in [0.1, 0.15) is 37.2 Å². The Balaban J connectivity index is 1.70. The lowest BCUT2D eigenvalue weighted by atomic mass is 10.0. The molecule has 5 heteroatoms. The summed E-state index contributed by atoms with van der Waals surface area (Å²) < 4.78 is 1.94. The molecule has 0 unspecified atom stereocenters. The molecule has 0 spiro atoms. The van der Waals surface area contributed by atoms with E-state index in [0.29, 0.717) is 11.8 Å². The van der Waals surface area contributed by atoms with Gasteiger partial charge in [-0.1, -0.05) is 18.2 Å². The maximum absolute atomic E-state index is 4.41. The van der Waals surface area contributed by atoms with Gasteiger partial charge in [0.1, 0.15) is 5.82 Å². The van der Waals surface area contributed by atoms with Gasteiger partial charge in [0.05, 0.1) is 0 Å². The Morgan fingerprint density at radius 1 is 1.09 bits per heavy atom. The van der Waals surface area contributed by atoms with Crippen LogP contribution in [0.3, 0.4) is 0 Å². The average molecular weight is 307 g/mol. The van der Waals surface area contributed by atoms with Crippen molar-refractivity contribution in [2.75, 3.05) is 13.1 Å². The Labute approximate surface area is 136 Å². The highest BCUT2D eigenvalue weighted by molar-refractivity contribution is 5.63. The first-order chi connectivity index (χ1) is 11.2. The van der Waals surface area contributed by atoms with Crippen LogP contribution in [0.25, 0.3) is 16.9 Å². The van der Waals surface area contributed by atoms with Crippen LogP contribution in [0.4, 0.5) is 0 Å². The largest absolute Gasteiger partial charge is 0.297 e. The summed E-state index contributed by atoms with van der Waals surface area (Å²) in [6, 6.07) is 9.25. The Kier molecular flexibility index (Phi) is 3.58. The van der Waals surface area contributed by atoms with Crippen LogP contribution in [0.15, 0.2) is 36.7 Å². The van der Waals surface area contributed by atoms with Crippen LogP contribution in [-0.2, 0) is 0 Å². The second-order valence-electron chi connectivity index (χ2n) is 6.30. The molecule has 23 heavy (non-hydrogen) atoms. The summed E-state index contributed by atoms with van der Waals surface area (Å²) in [7, 11) is 0. The predicted molar refractivity (Wildman–Crippen MR) is 90.2 cm³/mol. The summed E-state index contributed by atoms with van der Waals surface area (Å²) >= 11 is 0.